The second-order valence-electron chi connectivity index (χ2n) is 3.79. The van der Waals surface area contributed by atoms with Crippen LogP contribution in [0.25, 0.3) is 0 Å². The molecule has 0 aliphatic carbocycles. The molecule has 0 amide bonds. The number of hydrogen-bond acceptors (Lipinski definition) is 1. The third-order valence-electron chi connectivity index (χ3n) is 2.51. The Morgan fingerprint density at radius 2 is 1.75 bits per heavy atom. The lowest BCUT2D eigenvalue weighted by molar-refractivity contribution is 0.884. The first-order valence-electron chi connectivity index (χ1n) is 5.33. The monoisotopic (exact) mass is 275 g/mol. The Balaban J connectivity index is 2.12. The van der Waals surface area contributed by atoms with Crippen LogP contribution in [0, 0.1) is 0 Å². The zero-order chi connectivity index (χ0) is 11.4. The van der Waals surface area contributed by atoms with Crippen molar-refractivity contribution in [3.05, 3.63) is 64.6 Å². The molecular weight excluding hydrogens is 262 g/mol. The lowest BCUT2D eigenvalue weighted by atomic mass is 10.1. The van der Waals surface area contributed by atoms with Gasteiger partial charge in [0, 0.05) is 16.2 Å². The van der Waals surface area contributed by atoms with E-state index in [-0.39, 0.29) is 0 Å². The van der Waals surface area contributed by atoms with Crippen molar-refractivity contribution in [3.63, 3.8) is 0 Å². The van der Waals surface area contributed by atoms with Crippen molar-refractivity contribution in [1.82, 2.24) is 0 Å². The first-order valence-corrected chi connectivity index (χ1v) is 6.12. The van der Waals surface area contributed by atoms with Crippen LogP contribution in [0.4, 0.5) is 5.69 Å². The fourth-order valence-corrected chi connectivity index (χ4v) is 2.06. The number of para-hydroxylation sites is 1. The molecule has 1 atom stereocenters. The average molecular weight is 276 g/mol. The number of halogens is 1. The van der Waals surface area contributed by atoms with E-state index in [2.05, 4.69) is 58.5 Å². The maximum Gasteiger partial charge on any atom is 0.0486 e. The highest BCUT2D eigenvalue weighted by molar-refractivity contribution is 9.10. The summed E-state index contributed by atoms with van der Waals surface area (Å²) in [5.74, 6) is 0. The van der Waals surface area contributed by atoms with E-state index in [4.69, 9.17) is 0 Å². The fraction of sp³-hybridized carbons (Fsp3) is 0.143. The van der Waals surface area contributed by atoms with Crippen molar-refractivity contribution in [3.8, 4) is 0 Å². The van der Waals surface area contributed by atoms with Crippen LogP contribution in [0.5, 0.6) is 0 Å². The van der Waals surface area contributed by atoms with Gasteiger partial charge in [-0.3, -0.25) is 0 Å². The van der Waals surface area contributed by atoms with Gasteiger partial charge in [-0.2, -0.15) is 0 Å². The molecule has 0 aliphatic heterocycles. The van der Waals surface area contributed by atoms with Gasteiger partial charge in [0.1, 0.15) is 0 Å². The highest BCUT2D eigenvalue weighted by Gasteiger charge is 2.04. The molecule has 1 nitrogen and oxygen atoms in total. The van der Waals surface area contributed by atoms with Crippen molar-refractivity contribution in [2.24, 2.45) is 0 Å². The lowest BCUT2D eigenvalue weighted by Crippen LogP contribution is -2.06. The Kier molecular flexibility index (Phi) is 3.62. The summed E-state index contributed by atoms with van der Waals surface area (Å²) in [6, 6.07) is 18.9. The van der Waals surface area contributed by atoms with Crippen LogP contribution >= 0.6 is 15.9 Å². The first-order chi connectivity index (χ1) is 7.75. The summed E-state index contributed by atoms with van der Waals surface area (Å²) in [6.07, 6.45) is 0. The van der Waals surface area contributed by atoms with Gasteiger partial charge in [0.15, 0.2) is 0 Å². The molecule has 2 rings (SSSR count). The smallest absolute Gasteiger partial charge is 0.0486 e. The molecule has 0 fully saturated rings. The Morgan fingerprint density at radius 3 is 2.44 bits per heavy atom. The highest BCUT2D eigenvalue weighted by atomic mass is 79.9. The van der Waals surface area contributed by atoms with Crippen molar-refractivity contribution < 1.29 is 0 Å². The molecular formula is C14H14BrN. The average Bonchev–Trinajstić information content (AvgIpc) is 2.30. The predicted octanol–water partition coefficient (Wildman–Crippen LogP) is 4.62. The van der Waals surface area contributed by atoms with E-state index in [1.165, 1.54) is 5.56 Å². The van der Waals surface area contributed by atoms with Gasteiger partial charge in [-0.05, 0) is 36.8 Å². The summed E-state index contributed by atoms with van der Waals surface area (Å²) < 4.78 is 1.12. The zero-order valence-electron chi connectivity index (χ0n) is 9.15. The molecule has 0 saturated carbocycles. The molecule has 0 heterocycles. The van der Waals surface area contributed by atoms with Crippen molar-refractivity contribution >= 4 is 21.6 Å². The molecule has 82 valence electrons. The van der Waals surface area contributed by atoms with E-state index in [1.807, 2.05) is 24.3 Å². The Morgan fingerprint density at radius 1 is 1.00 bits per heavy atom. The molecule has 0 unspecified atom stereocenters. The molecule has 0 saturated heterocycles. The minimum Gasteiger partial charge on any atom is -0.379 e. The minimum atomic E-state index is 0.305. The van der Waals surface area contributed by atoms with Crippen molar-refractivity contribution in [2.45, 2.75) is 13.0 Å². The molecule has 0 aromatic heterocycles. The van der Waals surface area contributed by atoms with E-state index >= 15 is 0 Å². The molecule has 2 aromatic carbocycles. The maximum absolute atomic E-state index is 3.49. The normalized spacial score (nSPS) is 12.1. The second-order valence-corrected chi connectivity index (χ2v) is 4.70. The topological polar surface area (TPSA) is 12.0 Å². The van der Waals surface area contributed by atoms with E-state index in [0.717, 1.165) is 10.2 Å². The van der Waals surface area contributed by atoms with E-state index in [9.17, 15) is 0 Å². The summed E-state index contributed by atoms with van der Waals surface area (Å²) in [5, 5.41) is 3.46. The maximum atomic E-state index is 3.49. The van der Waals surface area contributed by atoms with Gasteiger partial charge in [-0.25, -0.2) is 0 Å². The molecule has 0 spiro atoms. The molecule has 2 heteroatoms. The lowest BCUT2D eigenvalue weighted by Gasteiger charge is -2.15. The summed E-state index contributed by atoms with van der Waals surface area (Å²) in [4.78, 5) is 0. The highest BCUT2D eigenvalue weighted by Crippen LogP contribution is 2.21. The Bertz CT molecular complexity index is 453. The van der Waals surface area contributed by atoms with E-state index in [0.29, 0.717) is 6.04 Å². The van der Waals surface area contributed by atoms with Crippen LogP contribution in [0.15, 0.2) is 59.1 Å². The first kappa shape index (κ1) is 11.2. The number of nitrogens with one attached hydrogen (secondary N) is 1. The van der Waals surface area contributed by atoms with Gasteiger partial charge in [0.05, 0.1) is 0 Å². The van der Waals surface area contributed by atoms with Crippen molar-refractivity contribution in [1.29, 1.82) is 0 Å². The van der Waals surface area contributed by atoms with Crippen molar-refractivity contribution in [2.75, 3.05) is 5.32 Å². The number of benzene rings is 2. The van der Waals surface area contributed by atoms with E-state index in [1.54, 1.807) is 0 Å². The largest absolute Gasteiger partial charge is 0.379 e. The number of rotatable bonds is 3. The van der Waals surface area contributed by atoms with Crippen LogP contribution in [0.2, 0.25) is 0 Å². The summed E-state index contributed by atoms with van der Waals surface area (Å²) in [6.45, 7) is 2.16. The third-order valence-corrected chi connectivity index (χ3v) is 3.00. The Labute approximate surface area is 105 Å². The van der Waals surface area contributed by atoms with Crippen LogP contribution in [0.3, 0.4) is 0 Å². The fourth-order valence-electron chi connectivity index (χ4n) is 1.64. The van der Waals surface area contributed by atoms with Gasteiger partial charge in [-0.1, -0.05) is 46.3 Å². The molecule has 16 heavy (non-hydrogen) atoms. The molecule has 2 aromatic rings. The quantitative estimate of drug-likeness (QED) is 0.862. The predicted molar refractivity (Wildman–Crippen MR) is 72.6 cm³/mol. The van der Waals surface area contributed by atoms with Crippen LogP contribution in [-0.2, 0) is 0 Å². The van der Waals surface area contributed by atoms with Crippen LogP contribution < -0.4 is 5.32 Å². The van der Waals surface area contributed by atoms with E-state index < -0.39 is 0 Å². The second kappa shape index (κ2) is 5.17. The van der Waals surface area contributed by atoms with Gasteiger partial charge in [0.25, 0.3) is 0 Å². The third kappa shape index (κ3) is 2.86. The molecule has 1 N–H and O–H groups in total. The number of anilines is 1. The van der Waals surface area contributed by atoms with Gasteiger partial charge in [-0.15, -0.1) is 0 Å². The zero-order valence-corrected chi connectivity index (χ0v) is 10.7. The van der Waals surface area contributed by atoms with Gasteiger partial charge >= 0.3 is 0 Å². The van der Waals surface area contributed by atoms with Gasteiger partial charge < -0.3 is 5.32 Å². The molecule has 0 bridgehead atoms. The SMILES string of the molecule is C[C@@H](Nc1ccccc1)c1cccc(Br)c1. The van der Waals surface area contributed by atoms with Crippen LogP contribution in [0.1, 0.15) is 18.5 Å². The molecule has 0 aliphatic rings. The minimum absolute atomic E-state index is 0.305. The molecule has 0 radical (unpaired) electrons. The Hall–Kier alpha value is -1.28. The number of hydrogen-bond donors (Lipinski definition) is 1. The summed E-state index contributed by atoms with van der Waals surface area (Å²) >= 11 is 3.49. The summed E-state index contributed by atoms with van der Waals surface area (Å²) in [5.41, 5.74) is 2.42. The van der Waals surface area contributed by atoms with Gasteiger partial charge in [0.2, 0.25) is 0 Å². The standard InChI is InChI=1S/C14H14BrN/c1-11(12-6-5-7-13(15)10-12)16-14-8-3-2-4-9-14/h2-11,16H,1H3/t11-/m1/s1. The van der Waals surface area contributed by atoms with Crippen LogP contribution in [-0.4, -0.2) is 0 Å². The summed E-state index contributed by atoms with van der Waals surface area (Å²) in [7, 11) is 0.